The molecule has 2 N–H and O–H groups in total. The van der Waals surface area contributed by atoms with Gasteiger partial charge in [-0.25, -0.2) is 0 Å². The number of nitrogens with zero attached hydrogens (tertiary/aromatic N) is 1. The summed E-state index contributed by atoms with van der Waals surface area (Å²) in [4.78, 5) is 2.60. The van der Waals surface area contributed by atoms with Gasteiger partial charge in [-0.2, -0.15) is 0 Å². The van der Waals surface area contributed by atoms with Crippen molar-refractivity contribution in [2.45, 2.75) is 44.8 Å². The smallest absolute Gasteiger partial charge is 0.0674 e. The summed E-state index contributed by atoms with van der Waals surface area (Å²) >= 11 is 0. The van der Waals surface area contributed by atoms with Crippen LogP contribution in [0.5, 0.6) is 0 Å². The van der Waals surface area contributed by atoms with Crippen LogP contribution >= 0.6 is 0 Å². The molecule has 1 saturated carbocycles. The highest BCUT2D eigenvalue weighted by molar-refractivity contribution is 5.01. The molecule has 0 bridgehead atoms. The Morgan fingerprint density at radius 3 is 2.80 bits per heavy atom. The first-order chi connectivity index (χ1) is 7.19. The monoisotopic (exact) mass is 212 g/mol. The van der Waals surface area contributed by atoms with Crippen molar-refractivity contribution in [3.8, 4) is 0 Å². The highest BCUT2D eigenvalue weighted by Crippen LogP contribution is 2.40. The molecule has 0 radical (unpaired) electrons. The molecule has 3 nitrogen and oxygen atoms in total. The maximum atomic E-state index is 6.05. The van der Waals surface area contributed by atoms with Crippen molar-refractivity contribution in [1.82, 2.24) is 4.90 Å². The molecule has 2 fully saturated rings. The van der Waals surface area contributed by atoms with Crippen LogP contribution in [-0.4, -0.2) is 42.8 Å². The van der Waals surface area contributed by atoms with Gasteiger partial charge in [0.1, 0.15) is 0 Å². The van der Waals surface area contributed by atoms with E-state index in [1.807, 2.05) is 0 Å². The van der Waals surface area contributed by atoms with Gasteiger partial charge in [0.15, 0.2) is 0 Å². The zero-order chi connectivity index (χ0) is 10.9. The third-order valence-electron chi connectivity index (χ3n) is 4.39. The van der Waals surface area contributed by atoms with E-state index in [0.29, 0.717) is 6.10 Å². The third-order valence-corrected chi connectivity index (χ3v) is 4.39. The van der Waals surface area contributed by atoms with Crippen LogP contribution in [0.3, 0.4) is 0 Å². The fraction of sp³-hybridized carbons (Fsp3) is 1.00. The molecule has 2 rings (SSSR count). The lowest BCUT2D eigenvalue weighted by Crippen LogP contribution is -2.60. The molecule has 3 atom stereocenters. The minimum Gasteiger partial charge on any atom is -0.376 e. The molecule has 3 unspecified atom stereocenters. The van der Waals surface area contributed by atoms with E-state index >= 15 is 0 Å². The average molecular weight is 212 g/mol. The first-order valence-corrected chi connectivity index (χ1v) is 6.26. The lowest BCUT2D eigenvalue weighted by atomic mass is 9.85. The van der Waals surface area contributed by atoms with Gasteiger partial charge in [0.05, 0.1) is 12.7 Å². The van der Waals surface area contributed by atoms with Crippen LogP contribution in [0.1, 0.15) is 33.1 Å². The Morgan fingerprint density at radius 2 is 2.27 bits per heavy atom. The van der Waals surface area contributed by atoms with Crippen molar-refractivity contribution in [1.29, 1.82) is 0 Å². The minimum atomic E-state index is 0.276. The summed E-state index contributed by atoms with van der Waals surface area (Å²) in [6, 6.07) is 0. The highest BCUT2D eigenvalue weighted by atomic mass is 16.5. The van der Waals surface area contributed by atoms with Gasteiger partial charge in [-0.1, -0.05) is 13.3 Å². The van der Waals surface area contributed by atoms with Crippen LogP contribution in [-0.2, 0) is 4.74 Å². The van der Waals surface area contributed by atoms with E-state index in [1.54, 1.807) is 0 Å². The van der Waals surface area contributed by atoms with Crippen molar-refractivity contribution in [3.05, 3.63) is 0 Å². The van der Waals surface area contributed by atoms with Crippen LogP contribution in [0.25, 0.3) is 0 Å². The van der Waals surface area contributed by atoms with Gasteiger partial charge in [0, 0.05) is 25.2 Å². The molecule has 88 valence electrons. The molecule has 0 aromatic rings. The molecule has 0 spiro atoms. The van der Waals surface area contributed by atoms with Gasteiger partial charge in [-0.05, 0) is 25.7 Å². The normalized spacial score (nSPS) is 43.4. The fourth-order valence-electron chi connectivity index (χ4n) is 3.35. The highest BCUT2D eigenvalue weighted by Gasteiger charge is 2.44. The molecule has 2 aliphatic rings. The van der Waals surface area contributed by atoms with Crippen molar-refractivity contribution in [2.24, 2.45) is 11.7 Å². The van der Waals surface area contributed by atoms with E-state index in [2.05, 4.69) is 18.7 Å². The summed E-state index contributed by atoms with van der Waals surface area (Å²) in [7, 11) is 0. The van der Waals surface area contributed by atoms with Gasteiger partial charge < -0.3 is 10.5 Å². The van der Waals surface area contributed by atoms with E-state index in [1.165, 1.54) is 19.3 Å². The van der Waals surface area contributed by atoms with Crippen LogP contribution in [0.4, 0.5) is 0 Å². The van der Waals surface area contributed by atoms with E-state index in [4.69, 9.17) is 10.5 Å². The first-order valence-electron chi connectivity index (χ1n) is 6.26. The number of ether oxygens (including phenoxy) is 1. The van der Waals surface area contributed by atoms with Crippen molar-refractivity contribution in [3.63, 3.8) is 0 Å². The van der Waals surface area contributed by atoms with E-state index in [9.17, 15) is 0 Å². The largest absolute Gasteiger partial charge is 0.376 e. The lowest BCUT2D eigenvalue weighted by Gasteiger charge is -2.47. The zero-order valence-corrected chi connectivity index (χ0v) is 10.0. The van der Waals surface area contributed by atoms with Gasteiger partial charge in [-0.3, -0.25) is 4.90 Å². The standard InChI is InChI=1S/C12H24N2O/c1-10-4-3-5-12(10,9-13)14-6-7-15-11(2)8-14/h10-11H,3-9,13H2,1-2H3. The molecular formula is C12H24N2O. The maximum Gasteiger partial charge on any atom is 0.0674 e. The summed E-state index contributed by atoms with van der Waals surface area (Å²) < 4.78 is 5.61. The molecule has 1 heterocycles. The second kappa shape index (κ2) is 4.40. The number of nitrogens with two attached hydrogens (primary N) is 1. The van der Waals surface area contributed by atoms with Crippen molar-refractivity contribution < 1.29 is 4.74 Å². The molecule has 15 heavy (non-hydrogen) atoms. The quantitative estimate of drug-likeness (QED) is 0.748. The van der Waals surface area contributed by atoms with E-state index in [-0.39, 0.29) is 5.54 Å². The lowest BCUT2D eigenvalue weighted by molar-refractivity contribution is -0.0694. The second-order valence-corrected chi connectivity index (χ2v) is 5.23. The predicted octanol–water partition coefficient (Wildman–Crippen LogP) is 1.22. The Bertz CT molecular complexity index is 222. The number of hydrogen-bond donors (Lipinski definition) is 1. The predicted molar refractivity (Wildman–Crippen MR) is 61.8 cm³/mol. The Balaban J connectivity index is 2.11. The molecule has 1 aliphatic heterocycles. The second-order valence-electron chi connectivity index (χ2n) is 5.23. The third kappa shape index (κ3) is 1.93. The maximum absolute atomic E-state index is 6.05. The average Bonchev–Trinajstić information content (AvgIpc) is 2.61. The summed E-state index contributed by atoms with van der Waals surface area (Å²) in [6.07, 6.45) is 4.32. The minimum absolute atomic E-state index is 0.276. The van der Waals surface area contributed by atoms with Gasteiger partial charge in [-0.15, -0.1) is 0 Å². The van der Waals surface area contributed by atoms with Crippen LogP contribution in [0.2, 0.25) is 0 Å². The number of rotatable bonds is 2. The Morgan fingerprint density at radius 1 is 1.47 bits per heavy atom. The van der Waals surface area contributed by atoms with E-state index < -0.39 is 0 Å². The fourth-order valence-corrected chi connectivity index (χ4v) is 3.35. The van der Waals surface area contributed by atoms with Crippen LogP contribution < -0.4 is 5.73 Å². The van der Waals surface area contributed by atoms with Crippen molar-refractivity contribution >= 4 is 0 Å². The Labute approximate surface area is 93.0 Å². The van der Waals surface area contributed by atoms with Gasteiger partial charge in [0.2, 0.25) is 0 Å². The molecule has 0 aromatic heterocycles. The van der Waals surface area contributed by atoms with Crippen molar-refractivity contribution in [2.75, 3.05) is 26.2 Å². The Hall–Kier alpha value is -0.120. The zero-order valence-electron chi connectivity index (χ0n) is 10.0. The molecule has 1 saturated heterocycles. The molecule has 0 aromatic carbocycles. The van der Waals surface area contributed by atoms with Gasteiger partial charge >= 0.3 is 0 Å². The van der Waals surface area contributed by atoms with Gasteiger partial charge in [0.25, 0.3) is 0 Å². The molecule has 3 heteroatoms. The first kappa shape index (κ1) is 11.4. The number of hydrogen-bond acceptors (Lipinski definition) is 3. The summed E-state index contributed by atoms with van der Waals surface area (Å²) in [5.74, 6) is 0.743. The molecule has 1 aliphatic carbocycles. The van der Waals surface area contributed by atoms with E-state index in [0.717, 1.165) is 32.2 Å². The Kier molecular flexibility index (Phi) is 3.33. The molecular weight excluding hydrogens is 188 g/mol. The SMILES string of the molecule is CC1CN(C2(CN)CCCC2C)CCO1. The van der Waals surface area contributed by atoms with Crippen LogP contribution in [0, 0.1) is 5.92 Å². The molecule has 0 amide bonds. The summed E-state index contributed by atoms with van der Waals surface area (Å²) in [5.41, 5.74) is 6.33. The number of morpholine rings is 1. The summed E-state index contributed by atoms with van der Waals surface area (Å²) in [6.45, 7) is 8.32. The van der Waals surface area contributed by atoms with Crippen LogP contribution in [0.15, 0.2) is 0 Å². The summed E-state index contributed by atoms with van der Waals surface area (Å²) in [5, 5.41) is 0. The topological polar surface area (TPSA) is 38.5 Å².